The quantitative estimate of drug-likeness (QED) is 0.199. The number of hydrogen-bond acceptors (Lipinski definition) is 5. The summed E-state index contributed by atoms with van der Waals surface area (Å²) in [5.74, 6) is 4.53. The van der Waals surface area contributed by atoms with Gasteiger partial charge in [0.2, 0.25) is 0 Å². The zero-order valence-electron chi connectivity index (χ0n) is 2.96. The van der Waals surface area contributed by atoms with Gasteiger partial charge in [-0.2, -0.15) is 0 Å². The van der Waals surface area contributed by atoms with Gasteiger partial charge in [-0.25, -0.2) is 10.5 Å². The Morgan fingerprint density at radius 2 is 2.33 bits per heavy atom. The highest BCUT2D eigenvalue weighted by Crippen LogP contribution is 2.14. The van der Waals surface area contributed by atoms with Crippen LogP contribution in [0.4, 0.5) is 0 Å². The van der Waals surface area contributed by atoms with Gasteiger partial charge in [0.05, 0.1) is 0 Å². The van der Waals surface area contributed by atoms with Crippen molar-refractivity contribution in [3.05, 3.63) is 0 Å². The lowest BCUT2D eigenvalue weighted by Gasteiger charge is -1.97. The zero-order valence-corrected chi connectivity index (χ0v) is 3.85. The van der Waals surface area contributed by atoms with Crippen LogP contribution in [0.1, 0.15) is 0 Å². The van der Waals surface area contributed by atoms with E-state index in [-0.39, 0.29) is 0 Å². The molecule has 0 spiro atoms. The Morgan fingerprint density at radius 1 is 1.83 bits per heavy atom. The molecule has 0 aliphatic heterocycles. The van der Waals surface area contributed by atoms with Crippen molar-refractivity contribution in [1.29, 1.82) is 0 Å². The number of nitrogens with one attached hydrogen (secondary N) is 1. The lowest BCUT2D eigenvalue weighted by atomic mass is 12.8. The first-order chi connectivity index (χ1) is 2.77. The van der Waals surface area contributed by atoms with E-state index < -0.39 is 8.53 Å². The summed E-state index contributed by atoms with van der Waals surface area (Å²) < 4.78 is 3.97. The fraction of sp³-hybridized carbons (Fsp3) is 0. The van der Waals surface area contributed by atoms with Gasteiger partial charge in [0.1, 0.15) is 0 Å². The Kier molecular flexibility index (Phi) is 3.55. The largest absolute Gasteiger partial charge is 0.337 e. The SMILES string of the molecule is NNOP(N)O. The Balaban J connectivity index is 2.63. The molecule has 0 amide bonds. The number of rotatable bonds is 2. The van der Waals surface area contributed by atoms with E-state index in [1.807, 2.05) is 0 Å². The van der Waals surface area contributed by atoms with Gasteiger partial charge in [0.15, 0.2) is 0 Å². The molecular formula is H6N3O2P. The van der Waals surface area contributed by atoms with Crippen LogP contribution < -0.4 is 16.9 Å². The van der Waals surface area contributed by atoms with Crippen molar-refractivity contribution in [2.45, 2.75) is 0 Å². The van der Waals surface area contributed by atoms with E-state index in [2.05, 4.69) is 16.0 Å². The third-order valence-corrected chi connectivity index (χ3v) is 0.439. The lowest BCUT2D eigenvalue weighted by Crippen LogP contribution is -2.20. The maximum Gasteiger partial charge on any atom is 0.269 e. The third kappa shape index (κ3) is 4.23. The minimum absolute atomic E-state index is 1.72. The summed E-state index contributed by atoms with van der Waals surface area (Å²) in [6.07, 6.45) is 0. The molecule has 0 aliphatic carbocycles. The Bertz CT molecular complexity index is 30.0. The van der Waals surface area contributed by atoms with Gasteiger partial charge in [-0.3, -0.25) is 5.50 Å². The molecule has 6 N–H and O–H groups in total. The van der Waals surface area contributed by atoms with E-state index in [9.17, 15) is 0 Å². The minimum Gasteiger partial charge on any atom is -0.337 e. The van der Waals surface area contributed by atoms with E-state index in [4.69, 9.17) is 4.89 Å². The second-order valence-corrected chi connectivity index (χ2v) is 1.30. The molecule has 38 valence electrons. The highest BCUT2D eigenvalue weighted by Gasteiger charge is 1.88. The van der Waals surface area contributed by atoms with E-state index in [1.54, 1.807) is 5.59 Å². The third-order valence-electron chi connectivity index (χ3n) is 0.146. The molecule has 0 radical (unpaired) electrons. The Hall–Kier alpha value is 0.230. The second kappa shape index (κ2) is 3.42. The van der Waals surface area contributed by atoms with Gasteiger partial charge in [-0.15, -0.1) is 5.59 Å². The van der Waals surface area contributed by atoms with Gasteiger partial charge >= 0.3 is 0 Å². The summed E-state index contributed by atoms with van der Waals surface area (Å²) in [6, 6.07) is 0. The molecule has 0 heterocycles. The van der Waals surface area contributed by atoms with E-state index in [0.717, 1.165) is 0 Å². The first-order valence-corrected chi connectivity index (χ1v) is 2.42. The molecule has 0 fully saturated rings. The predicted molar refractivity (Wildman–Crippen MR) is 21.7 cm³/mol. The van der Waals surface area contributed by atoms with Crippen LogP contribution in [0.25, 0.3) is 0 Å². The van der Waals surface area contributed by atoms with Crippen LogP contribution in [0, 0.1) is 0 Å². The molecule has 0 saturated carbocycles. The fourth-order valence-corrected chi connectivity index (χ4v) is 0.162. The molecule has 0 rings (SSSR count). The molecule has 6 heavy (non-hydrogen) atoms. The smallest absolute Gasteiger partial charge is 0.269 e. The van der Waals surface area contributed by atoms with E-state index in [1.165, 1.54) is 0 Å². The van der Waals surface area contributed by atoms with Crippen LogP contribution in [-0.2, 0) is 4.62 Å². The van der Waals surface area contributed by atoms with Crippen LogP contribution in [0.3, 0.4) is 0 Å². The molecule has 1 atom stereocenters. The Labute approximate surface area is 36.2 Å². The van der Waals surface area contributed by atoms with Crippen molar-refractivity contribution < 1.29 is 9.52 Å². The summed E-state index contributed by atoms with van der Waals surface area (Å²) in [5.41, 5.74) is 6.38. The lowest BCUT2D eigenvalue weighted by molar-refractivity contribution is 0.199. The summed E-state index contributed by atoms with van der Waals surface area (Å²) in [4.78, 5) is 8.03. The van der Waals surface area contributed by atoms with Crippen molar-refractivity contribution in [1.82, 2.24) is 5.59 Å². The molecule has 0 saturated heterocycles. The first kappa shape index (κ1) is 6.23. The molecule has 0 aliphatic rings. The summed E-state index contributed by atoms with van der Waals surface area (Å²) >= 11 is 0. The van der Waals surface area contributed by atoms with Gasteiger partial charge in [0, 0.05) is 0 Å². The predicted octanol–water partition coefficient (Wildman–Crippen LogP) is -1.44. The van der Waals surface area contributed by atoms with Crippen LogP contribution in [0.5, 0.6) is 0 Å². The van der Waals surface area contributed by atoms with Crippen molar-refractivity contribution >= 4 is 8.53 Å². The van der Waals surface area contributed by atoms with Gasteiger partial charge < -0.3 is 4.89 Å². The molecule has 0 aromatic carbocycles. The molecule has 5 nitrogen and oxygen atoms in total. The number of nitrogens with two attached hydrogens (primary N) is 2. The average molecular weight is 111 g/mol. The van der Waals surface area contributed by atoms with Crippen LogP contribution in [0.2, 0.25) is 0 Å². The molecule has 0 bridgehead atoms. The van der Waals surface area contributed by atoms with Crippen molar-refractivity contribution in [3.8, 4) is 0 Å². The molecular weight excluding hydrogens is 105 g/mol. The van der Waals surface area contributed by atoms with Crippen LogP contribution in [0.15, 0.2) is 0 Å². The molecule has 6 heteroatoms. The van der Waals surface area contributed by atoms with Gasteiger partial charge in [0.25, 0.3) is 8.53 Å². The number of hydrazine groups is 1. The normalized spacial score (nSPS) is 14.5. The average Bonchev–Trinajstić information content (AvgIpc) is 1.35. The van der Waals surface area contributed by atoms with Crippen molar-refractivity contribution in [2.24, 2.45) is 11.3 Å². The maximum atomic E-state index is 8.03. The molecule has 0 aromatic rings. The summed E-state index contributed by atoms with van der Waals surface area (Å²) in [5, 5.41) is 0. The zero-order chi connectivity index (χ0) is 4.99. The highest BCUT2D eigenvalue weighted by atomic mass is 31.2. The minimum atomic E-state index is -1.84. The molecule has 1 unspecified atom stereocenters. The van der Waals surface area contributed by atoms with Crippen molar-refractivity contribution in [3.63, 3.8) is 0 Å². The second-order valence-electron chi connectivity index (χ2n) is 0.512. The maximum absolute atomic E-state index is 8.03. The highest BCUT2D eigenvalue weighted by molar-refractivity contribution is 7.43. The van der Waals surface area contributed by atoms with Gasteiger partial charge in [-0.1, -0.05) is 0 Å². The summed E-state index contributed by atoms with van der Waals surface area (Å²) in [6.45, 7) is 0. The molecule has 0 aromatic heterocycles. The first-order valence-electron chi connectivity index (χ1n) is 1.13. The summed E-state index contributed by atoms with van der Waals surface area (Å²) in [7, 11) is -1.84. The van der Waals surface area contributed by atoms with Crippen LogP contribution in [-0.4, -0.2) is 4.89 Å². The Morgan fingerprint density at radius 3 is 2.33 bits per heavy atom. The van der Waals surface area contributed by atoms with Crippen molar-refractivity contribution in [2.75, 3.05) is 0 Å². The monoisotopic (exact) mass is 111 g/mol. The topological polar surface area (TPSA) is 93.5 Å². The number of hydrogen-bond donors (Lipinski definition) is 4. The fourth-order valence-electron chi connectivity index (χ4n) is 0.0540. The van der Waals surface area contributed by atoms with Crippen LogP contribution >= 0.6 is 8.53 Å². The van der Waals surface area contributed by atoms with E-state index >= 15 is 0 Å². The van der Waals surface area contributed by atoms with E-state index in [0.29, 0.717) is 0 Å². The van der Waals surface area contributed by atoms with Gasteiger partial charge in [-0.05, 0) is 0 Å². The standard InChI is InChI=1S/H6N3O2P/c1-3-5-6(2)4/h3-4H,1-2H2.